The Morgan fingerprint density at radius 2 is 2.43 bits per heavy atom. The van der Waals surface area contributed by atoms with Crippen LogP contribution in [0.3, 0.4) is 0 Å². The van der Waals surface area contributed by atoms with Crippen LogP contribution in [0, 0.1) is 0 Å². The third kappa shape index (κ3) is 1.13. The number of pyridine rings is 1. The number of fused-ring (bicyclic) bond motifs is 1. The molecule has 1 aliphatic heterocycles. The highest BCUT2D eigenvalue weighted by Crippen LogP contribution is 2.28. The maximum Gasteiger partial charge on any atom is 0.140 e. The van der Waals surface area contributed by atoms with E-state index in [-0.39, 0.29) is 0 Å². The van der Waals surface area contributed by atoms with E-state index in [4.69, 9.17) is 4.42 Å². The summed E-state index contributed by atoms with van der Waals surface area (Å²) in [6, 6.07) is 1.97. The zero-order valence-electron chi connectivity index (χ0n) is 7.86. The summed E-state index contributed by atoms with van der Waals surface area (Å²) >= 11 is 0. The molecule has 1 saturated heterocycles. The number of hydrogen-bond donors (Lipinski definition) is 1. The lowest BCUT2D eigenvalue weighted by atomic mass is 9.99. The minimum atomic E-state index is 0.567. The largest absolute Gasteiger partial charge is 0.464 e. The first kappa shape index (κ1) is 8.00. The maximum absolute atomic E-state index is 5.49. The maximum atomic E-state index is 5.49. The van der Waals surface area contributed by atoms with Gasteiger partial charge in [0.1, 0.15) is 5.58 Å². The first-order valence-corrected chi connectivity index (χ1v) is 4.97. The average Bonchev–Trinajstić information content (AvgIpc) is 2.88. The molecular formula is C11H12N2O. The Morgan fingerprint density at radius 1 is 1.43 bits per heavy atom. The van der Waals surface area contributed by atoms with Gasteiger partial charge in [0, 0.05) is 35.8 Å². The lowest BCUT2D eigenvalue weighted by Crippen LogP contribution is -2.08. The molecule has 14 heavy (non-hydrogen) atoms. The summed E-state index contributed by atoms with van der Waals surface area (Å²) in [6.45, 7) is 2.14. The van der Waals surface area contributed by atoms with Crippen molar-refractivity contribution < 1.29 is 4.42 Å². The van der Waals surface area contributed by atoms with E-state index in [1.54, 1.807) is 6.26 Å². The Bertz CT molecular complexity index is 443. The number of nitrogens with one attached hydrogen (secondary N) is 1. The molecule has 0 bridgehead atoms. The summed E-state index contributed by atoms with van der Waals surface area (Å²) in [7, 11) is 0. The zero-order chi connectivity index (χ0) is 9.38. The smallest absolute Gasteiger partial charge is 0.140 e. The Kier molecular flexibility index (Phi) is 1.77. The molecule has 2 aromatic heterocycles. The molecule has 0 radical (unpaired) electrons. The highest BCUT2D eigenvalue weighted by atomic mass is 16.3. The number of aromatic nitrogens is 1. The number of hydrogen-bond acceptors (Lipinski definition) is 3. The van der Waals surface area contributed by atoms with Crippen LogP contribution in [0.5, 0.6) is 0 Å². The van der Waals surface area contributed by atoms with Crippen molar-refractivity contribution in [3.8, 4) is 0 Å². The van der Waals surface area contributed by atoms with Crippen molar-refractivity contribution in [2.24, 2.45) is 0 Å². The van der Waals surface area contributed by atoms with E-state index in [9.17, 15) is 0 Å². The van der Waals surface area contributed by atoms with Crippen LogP contribution in [0.25, 0.3) is 11.0 Å². The summed E-state index contributed by atoms with van der Waals surface area (Å²) in [5, 5.41) is 4.46. The summed E-state index contributed by atoms with van der Waals surface area (Å²) in [6.07, 6.45) is 6.70. The van der Waals surface area contributed by atoms with Gasteiger partial charge in [-0.2, -0.15) is 0 Å². The summed E-state index contributed by atoms with van der Waals surface area (Å²) in [5.74, 6) is 0.567. The van der Waals surface area contributed by atoms with Gasteiger partial charge in [-0.15, -0.1) is 0 Å². The van der Waals surface area contributed by atoms with Gasteiger partial charge in [-0.05, 0) is 19.0 Å². The van der Waals surface area contributed by atoms with Gasteiger partial charge in [0.2, 0.25) is 0 Å². The third-order valence-electron chi connectivity index (χ3n) is 2.89. The molecule has 3 nitrogen and oxygen atoms in total. The Labute approximate surface area is 82.1 Å². The monoisotopic (exact) mass is 188 g/mol. The molecule has 3 rings (SSSR count). The van der Waals surface area contributed by atoms with E-state index in [1.165, 1.54) is 12.0 Å². The van der Waals surface area contributed by atoms with Crippen LogP contribution in [-0.2, 0) is 0 Å². The van der Waals surface area contributed by atoms with Crippen molar-refractivity contribution in [2.75, 3.05) is 13.1 Å². The predicted octanol–water partition coefficient (Wildman–Crippen LogP) is 1.90. The quantitative estimate of drug-likeness (QED) is 0.742. The van der Waals surface area contributed by atoms with Crippen molar-refractivity contribution >= 4 is 11.0 Å². The first-order chi connectivity index (χ1) is 6.95. The van der Waals surface area contributed by atoms with E-state index >= 15 is 0 Å². The molecular weight excluding hydrogens is 176 g/mol. The van der Waals surface area contributed by atoms with Crippen molar-refractivity contribution in [3.05, 3.63) is 30.3 Å². The molecule has 1 atom stereocenters. The van der Waals surface area contributed by atoms with Gasteiger partial charge < -0.3 is 9.73 Å². The lowest BCUT2D eigenvalue weighted by molar-refractivity contribution is 0.603. The summed E-state index contributed by atoms with van der Waals surface area (Å²) < 4.78 is 5.49. The molecule has 1 aliphatic rings. The van der Waals surface area contributed by atoms with E-state index in [2.05, 4.69) is 10.3 Å². The van der Waals surface area contributed by atoms with E-state index in [0.29, 0.717) is 5.92 Å². The highest BCUT2D eigenvalue weighted by molar-refractivity contribution is 5.79. The van der Waals surface area contributed by atoms with E-state index < -0.39 is 0 Å². The van der Waals surface area contributed by atoms with Crippen molar-refractivity contribution in [2.45, 2.75) is 12.3 Å². The average molecular weight is 188 g/mol. The molecule has 3 heterocycles. The van der Waals surface area contributed by atoms with Crippen LogP contribution in [0.1, 0.15) is 17.9 Å². The second-order valence-corrected chi connectivity index (χ2v) is 3.76. The zero-order valence-corrected chi connectivity index (χ0v) is 7.86. The van der Waals surface area contributed by atoms with Crippen LogP contribution in [-0.4, -0.2) is 18.1 Å². The molecule has 72 valence electrons. The van der Waals surface area contributed by atoms with Gasteiger partial charge in [-0.25, -0.2) is 0 Å². The van der Waals surface area contributed by atoms with Crippen LogP contribution >= 0.6 is 0 Å². The number of nitrogens with zero attached hydrogens (tertiary/aromatic N) is 1. The number of rotatable bonds is 1. The Balaban J connectivity index is 2.14. The van der Waals surface area contributed by atoms with Gasteiger partial charge in [0.15, 0.2) is 0 Å². The van der Waals surface area contributed by atoms with Crippen LogP contribution in [0.2, 0.25) is 0 Å². The van der Waals surface area contributed by atoms with Crippen LogP contribution < -0.4 is 5.32 Å². The second-order valence-electron chi connectivity index (χ2n) is 3.76. The Morgan fingerprint density at radius 3 is 3.29 bits per heavy atom. The molecule has 3 heteroatoms. The van der Waals surface area contributed by atoms with E-state index in [1.807, 2.05) is 18.5 Å². The topological polar surface area (TPSA) is 38.1 Å². The standard InChI is InChI=1S/C11H12N2O/c1-3-12-5-8(1)10-7-13-6-9-2-4-14-11(9)10/h2,4,6-8,12H,1,3,5H2. The fraction of sp³-hybridized carbons (Fsp3) is 0.364. The molecule has 0 amide bonds. The van der Waals surface area contributed by atoms with Gasteiger partial charge in [0.05, 0.1) is 6.26 Å². The fourth-order valence-electron chi connectivity index (χ4n) is 2.12. The molecule has 0 spiro atoms. The molecule has 0 aliphatic carbocycles. The number of furan rings is 1. The fourth-order valence-corrected chi connectivity index (χ4v) is 2.12. The SMILES string of the molecule is c1cc2cncc(C3CCNC3)c2o1. The summed E-state index contributed by atoms with van der Waals surface area (Å²) in [4.78, 5) is 4.24. The molecule has 0 aromatic carbocycles. The van der Waals surface area contributed by atoms with Crippen LogP contribution in [0.4, 0.5) is 0 Å². The lowest BCUT2D eigenvalue weighted by Gasteiger charge is -2.07. The van der Waals surface area contributed by atoms with Gasteiger partial charge >= 0.3 is 0 Å². The van der Waals surface area contributed by atoms with E-state index in [0.717, 1.165) is 24.1 Å². The Hall–Kier alpha value is -1.35. The highest BCUT2D eigenvalue weighted by Gasteiger charge is 2.20. The normalized spacial score (nSPS) is 21.9. The molecule has 0 saturated carbocycles. The third-order valence-corrected chi connectivity index (χ3v) is 2.89. The molecule has 2 aromatic rings. The summed E-state index contributed by atoms with van der Waals surface area (Å²) in [5.41, 5.74) is 2.26. The van der Waals surface area contributed by atoms with Crippen molar-refractivity contribution in [3.63, 3.8) is 0 Å². The van der Waals surface area contributed by atoms with Crippen molar-refractivity contribution in [1.29, 1.82) is 0 Å². The van der Waals surface area contributed by atoms with Gasteiger partial charge in [-0.1, -0.05) is 0 Å². The molecule has 1 fully saturated rings. The minimum Gasteiger partial charge on any atom is -0.464 e. The minimum absolute atomic E-state index is 0.567. The predicted molar refractivity (Wildman–Crippen MR) is 54.2 cm³/mol. The molecule has 1 N–H and O–H groups in total. The second kappa shape index (κ2) is 3.10. The van der Waals surface area contributed by atoms with Crippen molar-refractivity contribution in [1.82, 2.24) is 10.3 Å². The molecule has 1 unspecified atom stereocenters. The first-order valence-electron chi connectivity index (χ1n) is 4.97. The van der Waals surface area contributed by atoms with Gasteiger partial charge in [-0.3, -0.25) is 4.98 Å². The van der Waals surface area contributed by atoms with Gasteiger partial charge in [0.25, 0.3) is 0 Å². The van der Waals surface area contributed by atoms with Crippen LogP contribution in [0.15, 0.2) is 29.1 Å².